The average Bonchev–Trinajstić information content (AvgIpc) is 2.94. The summed E-state index contributed by atoms with van der Waals surface area (Å²) in [4.78, 5) is 24.6. The van der Waals surface area contributed by atoms with Crippen LogP contribution in [0.3, 0.4) is 0 Å². The van der Waals surface area contributed by atoms with Gasteiger partial charge in [-0.3, -0.25) is 9.59 Å². The van der Waals surface area contributed by atoms with Crippen LogP contribution in [-0.4, -0.2) is 63.2 Å². The van der Waals surface area contributed by atoms with Crippen molar-refractivity contribution in [2.75, 3.05) is 23.1 Å². The third-order valence-corrected chi connectivity index (χ3v) is 7.30. The summed E-state index contributed by atoms with van der Waals surface area (Å²) in [6, 6.07) is 5.15. The van der Waals surface area contributed by atoms with E-state index in [1.54, 1.807) is 0 Å². The van der Waals surface area contributed by atoms with Gasteiger partial charge in [-0.15, -0.1) is 0 Å². The summed E-state index contributed by atoms with van der Waals surface area (Å²) in [5.41, 5.74) is 0.521. The van der Waals surface area contributed by atoms with Crippen LogP contribution < -0.4 is 5.32 Å². The fraction of sp³-hybridized carbons (Fsp3) is 0.438. The number of anilines is 1. The zero-order valence-corrected chi connectivity index (χ0v) is 16.2. The van der Waals surface area contributed by atoms with Crippen molar-refractivity contribution in [1.82, 2.24) is 5.01 Å². The van der Waals surface area contributed by atoms with Crippen LogP contribution in [0.2, 0.25) is 0 Å². The predicted octanol–water partition coefficient (Wildman–Crippen LogP) is 0.194. The van der Waals surface area contributed by atoms with E-state index in [1.165, 1.54) is 24.3 Å². The molecule has 0 bridgehead atoms. The Kier molecular flexibility index (Phi) is 5.08. The first kappa shape index (κ1) is 19.5. The van der Waals surface area contributed by atoms with E-state index in [0.717, 1.165) is 11.3 Å². The van der Waals surface area contributed by atoms with E-state index < -0.39 is 31.6 Å². The maximum Gasteiger partial charge on any atom is 0.271 e. The number of amides is 2. The largest absolute Gasteiger partial charge is 0.321 e. The van der Waals surface area contributed by atoms with Crippen molar-refractivity contribution in [3.63, 3.8) is 0 Å². The zero-order valence-electron chi connectivity index (χ0n) is 14.6. The van der Waals surface area contributed by atoms with Crippen molar-refractivity contribution in [2.45, 2.75) is 30.2 Å². The van der Waals surface area contributed by atoms with Gasteiger partial charge in [-0.05, 0) is 30.7 Å². The van der Waals surface area contributed by atoms with E-state index in [2.05, 4.69) is 10.4 Å². The molecule has 146 valence electrons. The van der Waals surface area contributed by atoms with Crippen molar-refractivity contribution in [3.8, 4) is 0 Å². The summed E-state index contributed by atoms with van der Waals surface area (Å²) >= 11 is 0. The molecule has 2 aliphatic rings. The molecule has 1 unspecified atom stereocenters. The first-order chi connectivity index (χ1) is 12.5. The second-order valence-electron chi connectivity index (χ2n) is 6.59. The predicted molar refractivity (Wildman–Crippen MR) is 98.8 cm³/mol. The van der Waals surface area contributed by atoms with Gasteiger partial charge < -0.3 is 5.32 Å². The van der Waals surface area contributed by atoms with Gasteiger partial charge in [0.05, 0.1) is 22.4 Å². The summed E-state index contributed by atoms with van der Waals surface area (Å²) in [6.07, 6.45) is 1.63. The van der Waals surface area contributed by atoms with Crippen molar-refractivity contribution in [2.24, 2.45) is 5.10 Å². The Morgan fingerprint density at radius 2 is 1.89 bits per heavy atom. The van der Waals surface area contributed by atoms with Crippen LogP contribution in [0, 0.1) is 0 Å². The highest BCUT2D eigenvalue weighted by atomic mass is 32.2. The number of nitrogens with one attached hydrogen (secondary N) is 1. The summed E-state index contributed by atoms with van der Waals surface area (Å²) in [5.74, 6) is -0.957. The minimum absolute atomic E-state index is 0.00514. The van der Waals surface area contributed by atoms with Crippen molar-refractivity contribution < 1.29 is 26.4 Å². The summed E-state index contributed by atoms with van der Waals surface area (Å²) in [6.45, 7) is 0. The van der Waals surface area contributed by atoms with E-state index in [0.29, 0.717) is 12.1 Å². The number of hydrogen-bond donors (Lipinski definition) is 1. The van der Waals surface area contributed by atoms with E-state index in [-0.39, 0.29) is 40.9 Å². The fourth-order valence-electron chi connectivity index (χ4n) is 2.98. The Hall–Kier alpha value is -2.27. The quantitative estimate of drug-likeness (QED) is 0.750. The normalized spacial score (nSPS) is 22.4. The molecule has 27 heavy (non-hydrogen) atoms. The van der Waals surface area contributed by atoms with Gasteiger partial charge in [0.1, 0.15) is 5.71 Å². The molecule has 11 heteroatoms. The van der Waals surface area contributed by atoms with E-state index in [9.17, 15) is 26.4 Å². The van der Waals surface area contributed by atoms with E-state index in [4.69, 9.17) is 0 Å². The third kappa shape index (κ3) is 4.53. The first-order valence-electron chi connectivity index (χ1n) is 8.27. The number of rotatable bonds is 4. The molecule has 0 spiro atoms. The molecule has 1 atom stereocenters. The van der Waals surface area contributed by atoms with E-state index in [1.807, 2.05) is 0 Å². The van der Waals surface area contributed by atoms with Gasteiger partial charge in [0.15, 0.2) is 19.7 Å². The van der Waals surface area contributed by atoms with Gasteiger partial charge in [0, 0.05) is 24.8 Å². The standard InChI is InChI=1S/C16H19N3O6S2/c1-26(22,23)13-4-2-11(3-5-13)17-16(21)14-6-7-15(20)19(18-14)12-8-9-27(24,25)10-12/h2-5,12H,6-10H2,1H3,(H,17,21). The Morgan fingerprint density at radius 1 is 1.22 bits per heavy atom. The molecular weight excluding hydrogens is 394 g/mol. The lowest BCUT2D eigenvalue weighted by molar-refractivity contribution is -0.133. The molecule has 2 amide bonds. The molecular formula is C16H19N3O6S2. The fourth-order valence-corrected chi connectivity index (χ4v) is 5.30. The maximum absolute atomic E-state index is 12.4. The van der Waals surface area contributed by atoms with Crippen LogP contribution in [0.4, 0.5) is 5.69 Å². The number of carbonyl (C=O) groups excluding carboxylic acids is 2. The Balaban J connectivity index is 1.74. The third-order valence-electron chi connectivity index (χ3n) is 4.42. The lowest BCUT2D eigenvalue weighted by Gasteiger charge is -2.27. The molecule has 0 saturated carbocycles. The zero-order chi connectivity index (χ0) is 19.8. The molecule has 0 radical (unpaired) electrons. The molecule has 1 aromatic rings. The molecule has 3 rings (SSSR count). The van der Waals surface area contributed by atoms with E-state index >= 15 is 0 Å². The maximum atomic E-state index is 12.4. The second kappa shape index (κ2) is 7.04. The van der Waals surface area contributed by atoms with Crippen LogP contribution in [0.25, 0.3) is 0 Å². The molecule has 0 aliphatic carbocycles. The van der Waals surface area contributed by atoms with Crippen molar-refractivity contribution in [1.29, 1.82) is 0 Å². The van der Waals surface area contributed by atoms with Crippen LogP contribution in [0.15, 0.2) is 34.3 Å². The Labute approximate surface area is 157 Å². The monoisotopic (exact) mass is 413 g/mol. The van der Waals surface area contributed by atoms with Gasteiger partial charge >= 0.3 is 0 Å². The molecule has 1 saturated heterocycles. The molecule has 1 fully saturated rings. The van der Waals surface area contributed by atoms with Gasteiger partial charge in [0.2, 0.25) is 5.91 Å². The number of hydrazone groups is 1. The number of carbonyl (C=O) groups is 2. The summed E-state index contributed by atoms with van der Waals surface area (Å²) in [5, 5.41) is 7.82. The van der Waals surface area contributed by atoms with Crippen LogP contribution in [-0.2, 0) is 29.3 Å². The van der Waals surface area contributed by atoms with Gasteiger partial charge in [-0.25, -0.2) is 21.8 Å². The smallest absolute Gasteiger partial charge is 0.271 e. The number of hydrogen-bond acceptors (Lipinski definition) is 7. The number of nitrogens with zero attached hydrogens (tertiary/aromatic N) is 2. The van der Waals surface area contributed by atoms with Crippen molar-refractivity contribution >= 4 is 42.9 Å². The molecule has 2 aliphatic heterocycles. The molecule has 1 aromatic carbocycles. The molecule has 0 aromatic heterocycles. The molecule has 2 heterocycles. The molecule has 9 nitrogen and oxygen atoms in total. The Bertz CT molecular complexity index is 1010. The SMILES string of the molecule is CS(=O)(=O)c1ccc(NC(=O)C2=NN(C3CCS(=O)(=O)C3)C(=O)CC2)cc1. The summed E-state index contributed by atoms with van der Waals surface area (Å²) in [7, 11) is -6.51. The average molecular weight is 413 g/mol. The van der Waals surface area contributed by atoms with Gasteiger partial charge in [-0.2, -0.15) is 5.10 Å². The highest BCUT2D eigenvalue weighted by Gasteiger charge is 2.37. The lowest BCUT2D eigenvalue weighted by atomic mass is 10.1. The number of benzene rings is 1. The lowest BCUT2D eigenvalue weighted by Crippen LogP contribution is -2.42. The number of sulfone groups is 2. The van der Waals surface area contributed by atoms with Crippen molar-refractivity contribution in [3.05, 3.63) is 24.3 Å². The topological polar surface area (TPSA) is 130 Å². The minimum atomic E-state index is -3.33. The van der Waals surface area contributed by atoms with Crippen LogP contribution in [0.1, 0.15) is 19.3 Å². The van der Waals surface area contributed by atoms with Gasteiger partial charge in [-0.1, -0.05) is 0 Å². The second-order valence-corrected chi connectivity index (χ2v) is 10.8. The highest BCUT2D eigenvalue weighted by Crippen LogP contribution is 2.22. The minimum Gasteiger partial charge on any atom is -0.321 e. The molecule has 1 N–H and O–H groups in total. The van der Waals surface area contributed by atoms with Gasteiger partial charge in [0.25, 0.3) is 5.91 Å². The highest BCUT2D eigenvalue weighted by molar-refractivity contribution is 7.91. The summed E-state index contributed by atoms with van der Waals surface area (Å²) < 4.78 is 46.2. The van der Waals surface area contributed by atoms with Crippen LogP contribution >= 0.6 is 0 Å². The first-order valence-corrected chi connectivity index (χ1v) is 12.0. The van der Waals surface area contributed by atoms with Crippen LogP contribution in [0.5, 0.6) is 0 Å². The Morgan fingerprint density at radius 3 is 2.44 bits per heavy atom.